The second-order valence-corrected chi connectivity index (χ2v) is 17.3. The van der Waals surface area contributed by atoms with Crippen LogP contribution in [0.4, 0.5) is 11.6 Å². The zero-order valence-corrected chi connectivity index (χ0v) is 39.4. The largest absolute Gasteiger partial charge is 0.497 e. The standard InChI is InChI=1S/C25H27N5O5.C13H14N2O3.C12H13N3O3/c1-34-18-4-5-19-21(12-18)29(25(33)13-27-19)9-3-2-8-26-16-10-24(32)30(14-16)23-7-6-22-20(28-23)11-17(31)15-35-22;1-18-10-4-5-11-12(8-10)15(6-2-3-7-16)13(17)9-14-11;13-7-3-12(17)15(5-7)11-2-1-10-9(14-11)4-8(16)6-18-10/h4-7,12-13,16,26H,2-3,8-11,14-15H2,1H3;4-5,7-9H,2-3,6H2,1H3;1-2,7H,3-6,13H2. The van der Waals surface area contributed by atoms with Gasteiger partial charge in [-0.05, 0) is 74.3 Å². The van der Waals surface area contributed by atoms with Gasteiger partial charge in [-0.3, -0.25) is 38.6 Å². The number of hydrogen-bond donors (Lipinski definition) is 2. The van der Waals surface area contributed by atoms with Gasteiger partial charge in [0.15, 0.2) is 11.6 Å². The number of methoxy groups -OCH3 is 2. The van der Waals surface area contributed by atoms with E-state index in [1.807, 2.05) is 24.3 Å². The van der Waals surface area contributed by atoms with Crippen LogP contribution < -0.4 is 50.9 Å². The lowest BCUT2D eigenvalue weighted by atomic mass is 10.1. The molecule has 370 valence electrons. The van der Waals surface area contributed by atoms with E-state index in [1.165, 1.54) is 12.4 Å². The van der Waals surface area contributed by atoms with E-state index in [0.29, 0.717) is 97.9 Å². The number of nitrogens with two attached hydrogens (primary N) is 1. The summed E-state index contributed by atoms with van der Waals surface area (Å²) in [5, 5.41) is 3.45. The highest BCUT2D eigenvalue weighted by Gasteiger charge is 2.33. The SMILES string of the molecule is COc1ccc2ncc(=O)n(CCCC=O)c2c1.COc1ccc2ncc(=O)n(CCCCNC3CC(=O)N(c4ccc5c(n4)CC(=O)CO5)C3)c2c1.NC1CC(=O)N(c2ccc3c(n2)CC(=O)CO3)C1. The van der Waals surface area contributed by atoms with Gasteiger partial charge in [0.25, 0.3) is 11.1 Å². The minimum atomic E-state index is -0.165. The fraction of sp³-hybridized carbons (Fsp3) is 0.380. The van der Waals surface area contributed by atoms with Gasteiger partial charge in [0, 0.05) is 69.7 Å². The van der Waals surface area contributed by atoms with Crippen molar-refractivity contribution in [3.05, 3.63) is 105 Å². The maximum absolute atomic E-state index is 12.6. The van der Waals surface area contributed by atoms with Crippen molar-refractivity contribution in [2.45, 2.75) is 76.5 Å². The molecule has 3 N–H and O–H groups in total. The number of nitrogens with zero attached hydrogens (tertiary/aromatic N) is 8. The quantitative estimate of drug-likeness (QED) is 0.117. The molecule has 2 unspecified atom stereocenters. The molecule has 0 spiro atoms. The molecule has 4 aliphatic heterocycles. The molecule has 21 nitrogen and oxygen atoms in total. The number of carbonyl (C=O) groups is 5. The molecule has 2 fully saturated rings. The smallest absolute Gasteiger partial charge is 0.269 e. The van der Waals surface area contributed by atoms with E-state index >= 15 is 0 Å². The fourth-order valence-corrected chi connectivity index (χ4v) is 8.62. The van der Waals surface area contributed by atoms with Crippen LogP contribution in [0.2, 0.25) is 0 Å². The van der Waals surface area contributed by atoms with Crippen molar-refractivity contribution in [3.8, 4) is 23.0 Å². The number of pyridine rings is 2. The molecule has 0 saturated carbocycles. The van der Waals surface area contributed by atoms with Crippen LogP contribution in [0, 0.1) is 0 Å². The third kappa shape index (κ3) is 11.9. The Balaban J connectivity index is 0.000000158. The number of carbonyl (C=O) groups excluding carboxylic acids is 5. The van der Waals surface area contributed by atoms with E-state index in [9.17, 15) is 33.6 Å². The van der Waals surface area contributed by atoms with Crippen molar-refractivity contribution in [2.24, 2.45) is 5.73 Å². The first-order chi connectivity index (χ1) is 34.4. The molecule has 10 rings (SSSR count). The van der Waals surface area contributed by atoms with Crippen molar-refractivity contribution in [1.82, 2.24) is 34.4 Å². The summed E-state index contributed by atoms with van der Waals surface area (Å²) < 4.78 is 24.4. The molecule has 2 amide bonds. The number of amides is 2. The number of aryl methyl sites for hydroxylation is 2. The predicted octanol–water partition coefficient (Wildman–Crippen LogP) is 2.51. The van der Waals surface area contributed by atoms with Gasteiger partial charge in [0.05, 0.1) is 72.9 Å². The maximum Gasteiger partial charge on any atom is 0.269 e. The Morgan fingerprint density at radius 2 is 1.20 bits per heavy atom. The lowest BCUT2D eigenvalue weighted by Gasteiger charge is -2.20. The molecular formula is C50H54N10O11. The fourth-order valence-electron chi connectivity index (χ4n) is 8.62. The average Bonchev–Trinajstić information content (AvgIpc) is 3.93. The summed E-state index contributed by atoms with van der Waals surface area (Å²) in [4.78, 5) is 102. The molecule has 0 aliphatic carbocycles. The van der Waals surface area contributed by atoms with E-state index in [1.54, 1.807) is 69.6 Å². The Kier molecular flexibility index (Phi) is 15.8. The zero-order chi connectivity index (χ0) is 50.0. The average molecular weight is 971 g/mol. The first-order valence-electron chi connectivity index (χ1n) is 23.3. The Labute approximate surface area is 406 Å². The maximum atomic E-state index is 12.6. The molecule has 4 aromatic heterocycles. The number of ketones is 2. The minimum Gasteiger partial charge on any atom is -0.497 e. The highest BCUT2D eigenvalue weighted by atomic mass is 16.5. The number of benzene rings is 2. The van der Waals surface area contributed by atoms with Crippen LogP contribution in [-0.2, 0) is 49.9 Å². The summed E-state index contributed by atoms with van der Waals surface area (Å²) in [7, 11) is 3.17. The van der Waals surface area contributed by atoms with Gasteiger partial charge in [-0.1, -0.05) is 0 Å². The Hall–Kier alpha value is -7.91. The Morgan fingerprint density at radius 1 is 0.676 bits per heavy atom. The Bertz CT molecular complexity index is 3100. The monoisotopic (exact) mass is 970 g/mol. The summed E-state index contributed by atoms with van der Waals surface area (Å²) in [5.74, 6) is 3.64. The second kappa shape index (κ2) is 22.7. The van der Waals surface area contributed by atoms with Crippen LogP contribution in [0.5, 0.6) is 23.0 Å². The van der Waals surface area contributed by atoms with Crippen LogP contribution in [0.3, 0.4) is 0 Å². The van der Waals surface area contributed by atoms with Gasteiger partial charge in [0.2, 0.25) is 11.8 Å². The molecule has 2 atom stereocenters. The molecule has 6 aromatic rings. The van der Waals surface area contributed by atoms with E-state index in [-0.39, 0.29) is 72.6 Å². The van der Waals surface area contributed by atoms with E-state index in [2.05, 4.69) is 25.3 Å². The Morgan fingerprint density at radius 3 is 1.70 bits per heavy atom. The molecule has 0 radical (unpaired) electrons. The number of hydrogen-bond acceptors (Lipinski definition) is 17. The van der Waals surface area contributed by atoms with Crippen LogP contribution in [0.25, 0.3) is 22.1 Å². The summed E-state index contributed by atoms with van der Waals surface area (Å²) in [6.07, 6.45) is 7.46. The second-order valence-electron chi connectivity index (χ2n) is 17.3. The normalized spacial score (nSPS) is 17.1. The number of aromatic nitrogens is 6. The van der Waals surface area contributed by atoms with Crippen LogP contribution in [-0.4, -0.2) is 118 Å². The lowest BCUT2D eigenvalue weighted by molar-refractivity contribution is -0.122. The topological polar surface area (TPSA) is 262 Å². The van der Waals surface area contributed by atoms with E-state index in [4.69, 9.17) is 24.7 Å². The number of ether oxygens (including phenoxy) is 4. The number of rotatable bonds is 14. The number of aldehydes is 1. The highest BCUT2D eigenvalue weighted by molar-refractivity contribution is 5.96. The third-order valence-electron chi connectivity index (χ3n) is 12.2. The molecule has 8 heterocycles. The van der Waals surface area contributed by atoms with Crippen LogP contribution >= 0.6 is 0 Å². The van der Waals surface area contributed by atoms with Gasteiger partial charge >= 0.3 is 0 Å². The van der Waals surface area contributed by atoms with Gasteiger partial charge in [-0.2, -0.15) is 0 Å². The van der Waals surface area contributed by atoms with Crippen molar-refractivity contribution in [2.75, 3.05) is 56.9 Å². The number of nitrogens with one attached hydrogen (secondary N) is 1. The van der Waals surface area contributed by atoms with Gasteiger partial charge in [-0.25, -0.2) is 19.9 Å². The predicted molar refractivity (Wildman–Crippen MR) is 260 cm³/mol. The van der Waals surface area contributed by atoms with Gasteiger partial charge in [-0.15, -0.1) is 0 Å². The van der Waals surface area contributed by atoms with Gasteiger partial charge < -0.3 is 43.9 Å². The minimum absolute atomic E-state index is 0.00163. The van der Waals surface area contributed by atoms with Crippen molar-refractivity contribution in [3.63, 3.8) is 0 Å². The molecule has 71 heavy (non-hydrogen) atoms. The van der Waals surface area contributed by atoms with Crippen LogP contribution in [0.15, 0.2) is 82.6 Å². The summed E-state index contributed by atoms with van der Waals surface area (Å²) >= 11 is 0. The molecule has 21 heteroatoms. The van der Waals surface area contributed by atoms with Gasteiger partial charge in [0.1, 0.15) is 54.1 Å². The first kappa shape index (κ1) is 49.5. The lowest BCUT2D eigenvalue weighted by Crippen LogP contribution is -2.34. The summed E-state index contributed by atoms with van der Waals surface area (Å²) in [6, 6.07) is 17.8. The molecule has 2 saturated heterocycles. The molecule has 4 aliphatic rings. The number of unbranched alkanes of at least 4 members (excludes halogenated alkanes) is 2. The van der Waals surface area contributed by atoms with Crippen molar-refractivity contribution in [1.29, 1.82) is 0 Å². The third-order valence-corrected chi connectivity index (χ3v) is 12.2. The number of anilines is 2. The number of fused-ring (bicyclic) bond motifs is 4. The molecule has 0 bridgehead atoms. The number of Topliss-reactive ketones (excluding diaryl/α,β-unsaturated/α-hetero) is 2. The van der Waals surface area contributed by atoms with Crippen molar-refractivity contribution >= 4 is 63.4 Å². The molecular weight excluding hydrogens is 917 g/mol. The first-order valence-corrected chi connectivity index (χ1v) is 23.3. The highest BCUT2D eigenvalue weighted by Crippen LogP contribution is 2.29. The van der Waals surface area contributed by atoms with Crippen molar-refractivity contribution < 1.29 is 42.9 Å². The molecule has 2 aromatic carbocycles. The summed E-state index contributed by atoms with van der Waals surface area (Å²) in [6.45, 7) is 2.97. The zero-order valence-electron chi connectivity index (χ0n) is 39.4. The van der Waals surface area contributed by atoms with E-state index in [0.717, 1.165) is 47.7 Å². The summed E-state index contributed by atoms with van der Waals surface area (Å²) in [5.41, 5.74) is 9.59. The van der Waals surface area contributed by atoms with E-state index < -0.39 is 0 Å². The van der Waals surface area contributed by atoms with Crippen LogP contribution in [0.1, 0.15) is 49.9 Å².